The number of fused-ring (bicyclic) bond motifs is 2. The average molecular weight is 536 g/mol. The highest BCUT2D eigenvalue weighted by atomic mass is 16.5. The fourth-order valence-corrected chi connectivity index (χ4v) is 6.79. The molecule has 0 radical (unpaired) electrons. The van der Waals surface area contributed by atoms with Crippen LogP contribution in [0.3, 0.4) is 0 Å². The maximum Gasteiger partial charge on any atom is 0.250 e. The van der Waals surface area contributed by atoms with Gasteiger partial charge < -0.3 is 20.3 Å². The smallest absolute Gasteiger partial charge is 0.250 e. The minimum absolute atomic E-state index is 0.0614. The number of carbonyl (C=O) groups excluding carboxylic acids is 3. The van der Waals surface area contributed by atoms with Crippen molar-refractivity contribution >= 4 is 17.7 Å². The minimum Gasteiger partial charge on any atom is -0.381 e. The number of rotatable bonds is 7. The third-order valence-electron chi connectivity index (χ3n) is 8.98. The van der Waals surface area contributed by atoms with Gasteiger partial charge in [-0.3, -0.25) is 24.6 Å². The van der Waals surface area contributed by atoms with Gasteiger partial charge in [-0.15, -0.1) is 6.42 Å². The zero-order valence-corrected chi connectivity index (χ0v) is 22.9. The molecule has 1 aromatic carbocycles. The number of amides is 3. The predicted octanol–water partition coefficient (Wildman–Crippen LogP) is 0.988. The highest BCUT2D eigenvalue weighted by molar-refractivity contribution is 5.94. The van der Waals surface area contributed by atoms with Crippen LogP contribution in [0.15, 0.2) is 24.3 Å². The summed E-state index contributed by atoms with van der Waals surface area (Å²) in [4.78, 5) is 45.4. The fourth-order valence-electron chi connectivity index (χ4n) is 6.79. The molecule has 5 rings (SSSR count). The lowest BCUT2D eigenvalue weighted by Crippen LogP contribution is -2.66. The summed E-state index contributed by atoms with van der Waals surface area (Å²) >= 11 is 0. The summed E-state index contributed by atoms with van der Waals surface area (Å²) in [6.45, 7) is 3.01. The molecule has 210 valence electrons. The van der Waals surface area contributed by atoms with E-state index in [1.807, 2.05) is 12.1 Å². The fraction of sp³-hybridized carbons (Fsp3) is 0.633. The van der Waals surface area contributed by atoms with E-state index in [0.29, 0.717) is 39.1 Å². The molecule has 3 fully saturated rings. The Morgan fingerprint density at radius 3 is 2.64 bits per heavy atom. The molecule has 3 heterocycles. The van der Waals surface area contributed by atoms with E-state index in [4.69, 9.17) is 11.2 Å². The van der Waals surface area contributed by atoms with Crippen LogP contribution >= 0.6 is 0 Å². The Balaban J connectivity index is 1.39. The zero-order valence-electron chi connectivity index (χ0n) is 22.9. The molecule has 39 heavy (non-hydrogen) atoms. The van der Waals surface area contributed by atoms with E-state index in [1.54, 1.807) is 11.9 Å². The first-order chi connectivity index (χ1) is 19.0. The molecule has 5 unspecified atom stereocenters. The monoisotopic (exact) mass is 535 g/mol. The van der Waals surface area contributed by atoms with E-state index in [0.717, 1.165) is 38.6 Å². The molecule has 4 aliphatic rings. The number of ether oxygens (including phenoxy) is 1. The molecule has 3 aliphatic heterocycles. The summed E-state index contributed by atoms with van der Waals surface area (Å²) < 4.78 is 5.55. The number of hydrogen-bond donors (Lipinski definition) is 3. The lowest BCUT2D eigenvalue weighted by molar-refractivity contribution is -0.150. The highest BCUT2D eigenvalue weighted by Crippen LogP contribution is 2.31. The van der Waals surface area contributed by atoms with Gasteiger partial charge in [-0.05, 0) is 75.6 Å². The van der Waals surface area contributed by atoms with Crippen molar-refractivity contribution in [2.45, 2.75) is 75.2 Å². The molecule has 0 saturated carbocycles. The van der Waals surface area contributed by atoms with E-state index in [1.165, 1.54) is 11.1 Å². The number of hydrogen-bond acceptors (Lipinski definition) is 6. The number of likely N-dealkylation sites (N-methyl/N-ethyl adjacent to an activating group) is 1. The van der Waals surface area contributed by atoms with Crippen LogP contribution in [0.5, 0.6) is 0 Å². The van der Waals surface area contributed by atoms with Gasteiger partial charge in [0.25, 0.3) is 0 Å². The number of nitrogens with one attached hydrogen (secondary N) is 3. The minimum atomic E-state index is -0.836. The normalized spacial score (nSPS) is 27.0. The van der Waals surface area contributed by atoms with Gasteiger partial charge in [0.15, 0.2) is 0 Å². The molecular formula is C30H41N5O4. The van der Waals surface area contributed by atoms with Gasteiger partial charge in [0.1, 0.15) is 18.1 Å². The summed E-state index contributed by atoms with van der Waals surface area (Å²) in [6.07, 6.45) is 11.9. The van der Waals surface area contributed by atoms with Crippen LogP contribution in [-0.4, -0.2) is 91.6 Å². The molecule has 3 amide bonds. The van der Waals surface area contributed by atoms with Gasteiger partial charge in [-0.25, -0.2) is 0 Å². The van der Waals surface area contributed by atoms with Gasteiger partial charge in [0.2, 0.25) is 17.7 Å². The largest absolute Gasteiger partial charge is 0.381 e. The van der Waals surface area contributed by atoms with E-state index in [-0.39, 0.29) is 29.8 Å². The molecule has 5 atom stereocenters. The quantitative estimate of drug-likeness (QED) is 0.450. The van der Waals surface area contributed by atoms with Crippen LogP contribution in [0.25, 0.3) is 0 Å². The van der Waals surface area contributed by atoms with Crippen molar-refractivity contribution in [1.82, 2.24) is 25.8 Å². The first kappa shape index (κ1) is 27.6. The summed E-state index contributed by atoms with van der Waals surface area (Å²) in [5.41, 5.74) is 2.45. The average Bonchev–Trinajstić information content (AvgIpc) is 3.44. The van der Waals surface area contributed by atoms with E-state index in [2.05, 4.69) is 38.9 Å². The SMILES string of the molecule is C#CC(NC)C(=O)NC(C(=O)N1CC2CCCN2CC1C(=O)NC1CCCc2ccccc21)C1CCOCC1. The van der Waals surface area contributed by atoms with Crippen LogP contribution < -0.4 is 16.0 Å². The molecule has 9 heteroatoms. The van der Waals surface area contributed by atoms with Gasteiger partial charge in [-0.1, -0.05) is 30.2 Å². The first-order valence-electron chi connectivity index (χ1n) is 14.4. The molecular weight excluding hydrogens is 494 g/mol. The standard InChI is InChI=1S/C30H41N5O4/c1-3-24(31-2)28(36)33-27(21-13-16-39-17-14-21)30(38)35-18-22-10-7-15-34(22)19-26(35)29(37)32-25-12-6-9-20-8-4-5-11-23(20)25/h1,4-5,8,11,21-22,24-27,31H,6-7,9-10,12-19H2,2H3,(H,32,37)(H,33,36). The Morgan fingerprint density at radius 1 is 1.08 bits per heavy atom. The lowest BCUT2D eigenvalue weighted by Gasteiger charge is -2.45. The van der Waals surface area contributed by atoms with Crippen LogP contribution in [0, 0.1) is 18.3 Å². The van der Waals surface area contributed by atoms with Crippen molar-refractivity contribution in [3.8, 4) is 12.3 Å². The van der Waals surface area contributed by atoms with Crippen molar-refractivity contribution in [3.63, 3.8) is 0 Å². The summed E-state index contributed by atoms with van der Waals surface area (Å²) in [7, 11) is 1.62. The molecule has 0 spiro atoms. The topological polar surface area (TPSA) is 103 Å². The third-order valence-corrected chi connectivity index (χ3v) is 8.98. The second kappa shape index (κ2) is 12.5. The Hall–Kier alpha value is -2.93. The number of nitrogens with zero attached hydrogens (tertiary/aromatic N) is 2. The van der Waals surface area contributed by atoms with Crippen LogP contribution in [0.1, 0.15) is 55.7 Å². The second-order valence-corrected chi connectivity index (χ2v) is 11.3. The molecule has 3 saturated heterocycles. The molecule has 9 nitrogen and oxygen atoms in total. The Kier molecular flexibility index (Phi) is 8.85. The summed E-state index contributed by atoms with van der Waals surface area (Å²) in [6, 6.07) is 6.25. The Bertz CT molecular complexity index is 1100. The maximum absolute atomic E-state index is 14.3. The summed E-state index contributed by atoms with van der Waals surface area (Å²) in [5, 5.41) is 9.09. The highest BCUT2D eigenvalue weighted by Gasteiger charge is 2.45. The van der Waals surface area contributed by atoms with Crippen LogP contribution in [-0.2, 0) is 25.5 Å². The van der Waals surface area contributed by atoms with Gasteiger partial charge in [0.05, 0.1) is 6.04 Å². The number of carbonyl (C=O) groups is 3. The Labute approximate surface area is 231 Å². The zero-order chi connectivity index (χ0) is 27.4. The van der Waals surface area contributed by atoms with E-state index in [9.17, 15) is 14.4 Å². The number of terminal acetylenes is 1. The lowest BCUT2D eigenvalue weighted by atomic mass is 9.87. The van der Waals surface area contributed by atoms with Gasteiger partial charge in [-0.2, -0.15) is 0 Å². The predicted molar refractivity (Wildman–Crippen MR) is 148 cm³/mol. The van der Waals surface area contributed by atoms with Crippen molar-refractivity contribution in [3.05, 3.63) is 35.4 Å². The van der Waals surface area contributed by atoms with E-state index < -0.39 is 24.0 Å². The number of piperazine rings is 1. The second-order valence-electron chi connectivity index (χ2n) is 11.3. The van der Waals surface area contributed by atoms with E-state index >= 15 is 0 Å². The molecule has 1 aromatic rings. The van der Waals surface area contributed by atoms with Crippen LogP contribution in [0.4, 0.5) is 0 Å². The van der Waals surface area contributed by atoms with Crippen LogP contribution in [0.2, 0.25) is 0 Å². The molecule has 3 N–H and O–H groups in total. The van der Waals surface area contributed by atoms with Crippen molar-refractivity contribution in [2.75, 3.05) is 39.9 Å². The molecule has 0 aromatic heterocycles. The first-order valence-corrected chi connectivity index (χ1v) is 14.4. The molecule has 1 aliphatic carbocycles. The molecule has 0 bridgehead atoms. The number of aryl methyl sites for hydroxylation is 1. The van der Waals surface area contributed by atoms with Gasteiger partial charge >= 0.3 is 0 Å². The maximum atomic E-state index is 14.3. The van der Waals surface area contributed by atoms with Crippen molar-refractivity contribution in [1.29, 1.82) is 0 Å². The third kappa shape index (κ3) is 5.98. The summed E-state index contributed by atoms with van der Waals surface area (Å²) in [5.74, 6) is 1.65. The Morgan fingerprint density at radius 2 is 1.87 bits per heavy atom. The van der Waals surface area contributed by atoms with Crippen molar-refractivity contribution in [2.24, 2.45) is 5.92 Å². The van der Waals surface area contributed by atoms with Crippen molar-refractivity contribution < 1.29 is 19.1 Å². The number of benzene rings is 1. The van der Waals surface area contributed by atoms with Gasteiger partial charge in [0, 0.05) is 32.3 Å².